The zero-order valence-corrected chi connectivity index (χ0v) is 30.1. The summed E-state index contributed by atoms with van der Waals surface area (Å²) in [5.74, 6) is 0.647. The van der Waals surface area contributed by atoms with Crippen molar-refractivity contribution in [1.29, 1.82) is 0 Å². The van der Waals surface area contributed by atoms with Crippen LogP contribution in [0.2, 0.25) is 0 Å². The first kappa shape index (κ1) is 30.9. The largest absolute Gasteiger partial charge is 0.455 e. The molecule has 4 nitrogen and oxygen atoms in total. The highest BCUT2D eigenvalue weighted by atomic mass is 16.3. The first-order valence-corrected chi connectivity index (χ1v) is 18.8. The van der Waals surface area contributed by atoms with Gasteiger partial charge in [-0.2, -0.15) is 0 Å². The molecule has 0 bridgehead atoms. The van der Waals surface area contributed by atoms with E-state index in [2.05, 4.69) is 153 Å². The summed E-state index contributed by atoms with van der Waals surface area (Å²) in [5.41, 5.74) is 14.7. The molecule has 0 atom stereocenters. The number of benzene rings is 6. The van der Waals surface area contributed by atoms with Gasteiger partial charge in [0.25, 0.3) is 0 Å². The molecule has 54 heavy (non-hydrogen) atoms. The fourth-order valence-corrected chi connectivity index (χ4v) is 8.83. The zero-order chi connectivity index (χ0) is 36.0. The molecule has 3 aromatic heterocycles. The van der Waals surface area contributed by atoms with Gasteiger partial charge in [-0.3, -0.25) is 0 Å². The molecule has 0 amide bonds. The summed E-state index contributed by atoms with van der Waals surface area (Å²) in [6.07, 6.45) is 8.74. The van der Waals surface area contributed by atoms with E-state index >= 15 is 0 Å². The summed E-state index contributed by atoms with van der Waals surface area (Å²) in [6, 6.07) is 47.3. The van der Waals surface area contributed by atoms with Gasteiger partial charge in [-0.1, -0.05) is 135 Å². The highest BCUT2D eigenvalue weighted by Gasteiger charge is 2.35. The van der Waals surface area contributed by atoms with E-state index in [1.807, 2.05) is 12.1 Å². The number of rotatable bonds is 4. The van der Waals surface area contributed by atoms with E-state index in [-0.39, 0.29) is 5.41 Å². The molecule has 0 saturated heterocycles. The van der Waals surface area contributed by atoms with Crippen molar-refractivity contribution >= 4 is 49.2 Å². The Morgan fingerprint density at radius 1 is 0.537 bits per heavy atom. The third kappa shape index (κ3) is 4.59. The van der Waals surface area contributed by atoms with Crippen molar-refractivity contribution in [2.75, 3.05) is 0 Å². The Kier molecular flexibility index (Phi) is 6.69. The molecule has 0 saturated carbocycles. The third-order valence-corrected chi connectivity index (χ3v) is 11.5. The minimum absolute atomic E-state index is 0.0610. The second kappa shape index (κ2) is 11.7. The Labute approximate surface area is 313 Å². The van der Waals surface area contributed by atoms with E-state index in [1.165, 1.54) is 22.3 Å². The Balaban J connectivity index is 1.15. The number of hydrogen-bond acceptors (Lipinski definition) is 4. The summed E-state index contributed by atoms with van der Waals surface area (Å²) in [5, 5.41) is 5.29. The van der Waals surface area contributed by atoms with Crippen LogP contribution in [0.5, 0.6) is 0 Å². The smallest absolute Gasteiger partial charge is 0.164 e. The van der Waals surface area contributed by atoms with E-state index < -0.39 is 0 Å². The predicted molar refractivity (Wildman–Crippen MR) is 222 cm³/mol. The third-order valence-electron chi connectivity index (χ3n) is 11.5. The van der Waals surface area contributed by atoms with Gasteiger partial charge in [0.2, 0.25) is 0 Å². The Hall–Kier alpha value is -6.65. The van der Waals surface area contributed by atoms with E-state index in [0.717, 1.165) is 95.8 Å². The lowest BCUT2D eigenvalue weighted by Gasteiger charge is -2.21. The summed E-state index contributed by atoms with van der Waals surface area (Å²) in [6.45, 7) is 4.64. The van der Waals surface area contributed by atoms with Gasteiger partial charge in [-0.25, -0.2) is 15.0 Å². The summed E-state index contributed by atoms with van der Waals surface area (Å²) < 4.78 is 7.07. The predicted octanol–water partition coefficient (Wildman–Crippen LogP) is 13.1. The van der Waals surface area contributed by atoms with E-state index in [1.54, 1.807) is 0 Å². The van der Waals surface area contributed by atoms with Crippen molar-refractivity contribution < 1.29 is 4.42 Å². The molecule has 0 unspecified atom stereocenters. The number of fused-ring (bicyclic) bond motifs is 10. The van der Waals surface area contributed by atoms with Crippen LogP contribution in [0.15, 0.2) is 156 Å². The fraction of sp³-hybridized carbons (Fsp3) is 0.100. The summed E-state index contributed by atoms with van der Waals surface area (Å²) in [7, 11) is 0. The van der Waals surface area contributed by atoms with Gasteiger partial charge in [0.15, 0.2) is 5.82 Å². The Morgan fingerprint density at radius 3 is 2.17 bits per heavy atom. The molecule has 3 heterocycles. The quantitative estimate of drug-likeness (QED) is 0.172. The van der Waals surface area contributed by atoms with Crippen molar-refractivity contribution in [2.24, 2.45) is 0 Å². The fourth-order valence-electron chi connectivity index (χ4n) is 8.83. The maximum absolute atomic E-state index is 7.07. The molecule has 6 aromatic carbocycles. The number of allylic oxidation sites excluding steroid dienone is 4. The van der Waals surface area contributed by atoms with Crippen molar-refractivity contribution in [3.05, 3.63) is 169 Å². The van der Waals surface area contributed by atoms with Gasteiger partial charge < -0.3 is 4.42 Å². The van der Waals surface area contributed by atoms with Crippen molar-refractivity contribution in [3.8, 4) is 45.0 Å². The summed E-state index contributed by atoms with van der Waals surface area (Å²) >= 11 is 0. The molecule has 11 rings (SSSR count). The van der Waals surface area contributed by atoms with E-state index in [4.69, 9.17) is 19.4 Å². The van der Waals surface area contributed by atoms with Crippen molar-refractivity contribution in [2.45, 2.75) is 32.1 Å². The molecular weight excluding hydrogens is 659 g/mol. The van der Waals surface area contributed by atoms with Crippen LogP contribution in [0.4, 0.5) is 0 Å². The Morgan fingerprint density at radius 2 is 1.28 bits per heavy atom. The molecule has 0 aliphatic heterocycles. The van der Waals surface area contributed by atoms with Crippen LogP contribution in [-0.2, 0) is 5.41 Å². The first-order valence-electron chi connectivity index (χ1n) is 18.8. The highest BCUT2D eigenvalue weighted by Crippen LogP contribution is 2.50. The molecular formula is C50H35N3O. The second-order valence-corrected chi connectivity index (χ2v) is 15.0. The van der Waals surface area contributed by atoms with Crippen LogP contribution in [0.1, 0.15) is 43.5 Å². The molecule has 0 spiro atoms. The number of furan rings is 1. The molecule has 0 radical (unpaired) electrons. The van der Waals surface area contributed by atoms with Crippen LogP contribution in [0, 0.1) is 0 Å². The lowest BCUT2D eigenvalue weighted by atomic mass is 9.82. The van der Waals surface area contributed by atoms with E-state index in [9.17, 15) is 0 Å². The minimum atomic E-state index is -0.0610. The highest BCUT2D eigenvalue weighted by molar-refractivity contribution is 6.25. The average Bonchev–Trinajstić information content (AvgIpc) is 3.73. The first-order chi connectivity index (χ1) is 26.5. The monoisotopic (exact) mass is 693 g/mol. The lowest BCUT2D eigenvalue weighted by molar-refractivity contribution is 0.660. The lowest BCUT2D eigenvalue weighted by Crippen LogP contribution is -2.14. The second-order valence-electron chi connectivity index (χ2n) is 15.0. The number of hydrogen-bond donors (Lipinski definition) is 0. The van der Waals surface area contributed by atoms with Crippen molar-refractivity contribution in [1.82, 2.24) is 15.0 Å². The topological polar surface area (TPSA) is 51.8 Å². The van der Waals surface area contributed by atoms with Crippen LogP contribution < -0.4 is 0 Å². The number of pyridine rings is 1. The summed E-state index contributed by atoms with van der Waals surface area (Å²) in [4.78, 5) is 15.8. The van der Waals surface area contributed by atoms with Gasteiger partial charge in [0.1, 0.15) is 11.2 Å². The van der Waals surface area contributed by atoms with Gasteiger partial charge in [-0.05, 0) is 71.0 Å². The van der Waals surface area contributed by atoms with Crippen LogP contribution >= 0.6 is 0 Å². The maximum Gasteiger partial charge on any atom is 0.164 e. The van der Waals surface area contributed by atoms with Gasteiger partial charge in [-0.15, -0.1) is 0 Å². The maximum atomic E-state index is 7.07. The molecule has 0 N–H and O–H groups in total. The molecule has 4 heteroatoms. The van der Waals surface area contributed by atoms with Crippen molar-refractivity contribution in [3.63, 3.8) is 0 Å². The standard InChI is InChI=1S/C50H35N3O/c1-50(2)40-22-11-9-18-33(40)39-28-32(24-27-41(39)50)44-29-43(30-14-5-3-6-15-30)52-49(53-44)38-21-13-20-34-35-25-26-37-45(48(35)54-47(34)38)36-19-10-12-23-42(36)51-46(37)31-16-7-4-8-17-31/h4-5,7-29H,3,6H2,1-2H3. The van der Waals surface area contributed by atoms with Gasteiger partial charge in [0.05, 0.1) is 28.2 Å². The molecule has 2 aliphatic rings. The normalized spacial score (nSPS) is 14.5. The van der Waals surface area contributed by atoms with Crippen LogP contribution in [0.25, 0.3) is 94.2 Å². The van der Waals surface area contributed by atoms with Crippen LogP contribution in [0.3, 0.4) is 0 Å². The molecule has 2 aliphatic carbocycles. The molecule has 256 valence electrons. The number of nitrogens with zero attached hydrogens (tertiary/aromatic N) is 3. The number of aromatic nitrogens is 3. The average molecular weight is 694 g/mol. The van der Waals surface area contributed by atoms with Crippen LogP contribution in [-0.4, -0.2) is 15.0 Å². The minimum Gasteiger partial charge on any atom is -0.455 e. The van der Waals surface area contributed by atoms with Gasteiger partial charge >= 0.3 is 0 Å². The zero-order valence-electron chi connectivity index (χ0n) is 30.1. The molecule has 0 fully saturated rings. The Bertz CT molecular complexity index is 3070. The number of para-hydroxylation sites is 2. The SMILES string of the molecule is CC1(C)c2ccccc2-c2cc(-c3cc(C4=CCCC=C4)nc(-c4cccc5c4oc4c5ccc5c(-c6ccccc6)nc6ccccc6c54)n3)ccc21. The van der Waals surface area contributed by atoms with E-state index in [0.29, 0.717) is 5.82 Å². The van der Waals surface area contributed by atoms with Gasteiger partial charge in [0, 0.05) is 43.5 Å². The molecule has 9 aromatic rings.